The van der Waals surface area contributed by atoms with Crippen molar-refractivity contribution in [1.29, 1.82) is 0 Å². The van der Waals surface area contributed by atoms with Crippen LogP contribution in [0.25, 0.3) is 22.6 Å². The maximum atomic E-state index is 5.99. The number of pyridine rings is 1. The first-order valence-corrected chi connectivity index (χ1v) is 10.5. The second-order valence-corrected chi connectivity index (χ2v) is 8.00. The lowest BCUT2D eigenvalue weighted by Gasteiger charge is -2.08. The van der Waals surface area contributed by atoms with Gasteiger partial charge >= 0.3 is 0 Å². The molecule has 0 saturated heterocycles. The Kier molecular flexibility index (Phi) is 6.44. The Balaban J connectivity index is 1.24. The van der Waals surface area contributed by atoms with Crippen LogP contribution in [0.5, 0.6) is 5.75 Å². The third kappa shape index (κ3) is 5.35. The van der Waals surface area contributed by atoms with E-state index in [1.807, 2.05) is 48.5 Å². The van der Waals surface area contributed by atoms with Gasteiger partial charge in [-0.2, -0.15) is 0 Å². The van der Waals surface area contributed by atoms with Gasteiger partial charge in [0.05, 0.1) is 12.1 Å². The minimum Gasteiger partial charge on any atom is -0.494 e. The Morgan fingerprint density at radius 3 is 2.79 bits per heavy atom. The smallest absolute Gasteiger partial charge is 0.178 e. The Morgan fingerprint density at radius 1 is 1.10 bits per heavy atom. The highest BCUT2D eigenvalue weighted by molar-refractivity contribution is 9.10. The Bertz CT molecular complexity index is 1100. The largest absolute Gasteiger partial charge is 0.494 e. The summed E-state index contributed by atoms with van der Waals surface area (Å²) < 4.78 is 6.75. The van der Waals surface area contributed by atoms with Crippen LogP contribution < -0.4 is 10.1 Å². The van der Waals surface area contributed by atoms with E-state index in [2.05, 4.69) is 42.3 Å². The van der Waals surface area contributed by atoms with Crippen molar-refractivity contribution in [3.05, 3.63) is 75.9 Å². The Morgan fingerprint density at radius 2 is 1.97 bits per heavy atom. The van der Waals surface area contributed by atoms with Gasteiger partial charge in [-0.25, -0.2) is 9.97 Å². The summed E-state index contributed by atoms with van der Waals surface area (Å²) in [4.78, 5) is 12.1. The summed E-state index contributed by atoms with van der Waals surface area (Å²) in [5.41, 5.74) is 3.78. The molecule has 2 heterocycles. The molecule has 7 heteroatoms. The number of aromatic amines is 1. The van der Waals surface area contributed by atoms with Crippen LogP contribution in [0.3, 0.4) is 0 Å². The molecule has 148 valence electrons. The molecule has 0 saturated carbocycles. The van der Waals surface area contributed by atoms with Crippen molar-refractivity contribution in [3.8, 4) is 17.1 Å². The zero-order chi connectivity index (χ0) is 20.1. The second-order valence-electron chi connectivity index (χ2n) is 6.64. The zero-order valence-corrected chi connectivity index (χ0v) is 18.0. The second kappa shape index (κ2) is 9.39. The molecule has 2 aromatic heterocycles. The molecule has 0 amide bonds. The average Bonchev–Trinajstić information content (AvgIpc) is 3.14. The zero-order valence-electron chi connectivity index (χ0n) is 15.7. The minimum atomic E-state index is 0.657. The molecule has 5 nitrogen and oxygen atoms in total. The molecule has 4 aromatic rings. The van der Waals surface area contributed by atoms with E-state index in [0.717, 1.165) is 51.7 Å². The lowest BCUT2D eigenvalue weighted by molar-refractivity contribution is 0.308. The Hall–Kier alpha value is -2.41. The van der Waals surface area contributed by atoms with Gasteiger partial charge in [0.1, 0.15) is 11.6 Å². The van der Waals surface area contributed by atoms with E-state index < -0.39 is 0 Å². The van der Waals surface area contributed by atoms with Gasteiger partial charge in [0.2, 0.25) is 0 Å². The summed E-state index contributed by atoms with van der Waals surface area (Å²) in [5, 5.41) is 4.17. The molecule has 0 fully saturated rings. The molecule has 0 radical (unpaired) electrons. The predicted molar refractivity (Wildman–Crippen MR) is 120 cm³/mol. The SMILES string of the molecule is Clc1cccc(CNCCCOc2ccc(-c3nc4ncc(Br)cc4[nH]3)cc2)c1. The summed E-state index contributed by atoms with van der Waals surface area (Å²) >= 11 is 9.42. The van der Waals surface area contributed by atoms with Gasteiger partial charge < -0.3 is 15.0 Å². The normalized spacial score (nSPS) is 11.1. The lowest BCUT2D eigenvalue weighted by atomic mass is 10.2. The number of aromatic nitrogens is 3. The average molecular weight is 472 g/mol. The molecule has 0 bridgehead atoms. The van der Waals surface area contributed by atoms with Crippen LogP contribution in [0, 0.1) is 0 Å². The van der Waals surface area contributed by atoms with Crippen molar-refractivity contribution in [3.63, 3.8) is 0 Å². The number of hydrogen-bond donors (Lipinski definition) is 2. The summed E-state index contributed by atoms with van der Waals surface area (Å²) in [5.74, 6) is 1.64. The summed E-state index contributed by atoms with van der Waals surface area (Å²) in [7, 11) is 0. The van der Waals surface area contributed by atoms with Gasteiger partial charge in [0.15, 0.2) is 5.65 Å². The highest BCUT2D eigenvalue weighted by Crippen LogP contribution is 2.23. The van der Waals surface area contributed by atoms with Crippen molar-refractivity contribution < 1.29 is 4.74 Å². The molecule has 0 atom stereocenters. The number of nitrogens with zero attached hydrogens (tertiary/aromatic N) is 2. The fraction of sp³-hybridized carbons (Fsp3) is 0.182. The first-order valence-electron chi connectivity index (χ1n) is 9.37. The molecule has 0 spiro atoms. The van der Waals surface area contributed by atoms with E-state index in [4.69, 9.17) is 16.3 Å². The van der Waals surface area contributed by atoms with Crippen molar-refractivity contribution in [2.75, 3.05) is 13.2 Å². The summed E-state index contributed by atoms with van der Waals surface area (Å²) in [6.07, 6.45) is 2.67. The van der Waals surface area contributed by atoms with E-state index in [9.17, 15) is 0 Å². The number of H-pyrrole nitrogens is 1. The quantitative estimate of drug-likeness (QED) is 0.328. The minimum absolute atomic E-state index is 0.657. The number of halogens is 2. The van der Waals surface area contributed by atoms with Crippen LogP contribution in [-0.4, -0.2) is 28.1 Å². The molecule has 2 aromatic carbocycles. The van der Waals surface area contributed by atoms with Gasteiger partial charge in [-0.15, -0.1) is 0 Å². The van der Waals surface area contributed by atoms with Crippen molar-refractivity contribution in [1.82, 2.24) is 20.3 Å². The van der Waals surface area contributed by atoms with Gasteiger partial charge in [0.25, 0.3) is 0 Å². The number of hydrogen-bond acceptors (Lipinski definition) is 4. The standard InChI is InChI=1S/C22H20BrClN4O/c23-17-12-20-22(26-14-17)28-21(27-20)16-5-7-19(8-6-16)29-10-2-9-25-13-15-3-1-4-18(24)11-15/h1,3-8,11-12,14,25H,2,9-10,13H2,(H,26,27,28). The van der Waals surface area contributed by atoms with Gasteiger partial charge in [-0.3, -0.25) is 0 Å². The molecule has 0 aliphatic rings. The lowest BCUT2D eigenvalue weighted by Crippen LogP contribution is -2.17. The van der Waals surface area contributed by atoms with E-state index in [1.54, 1.807) is 6.20 Å². The molecule has 29 heavy (non-hydrogen) atoms. The van der Waals surface area contributed by atoms with Crippen molar-refractivity contribution in [2.45, 2.75) is 13.0 Å². The van der Waals surface area contributed by atoms with Crippen LogP contribution in [0.4, 0.5) is 0 Å². The fourth-order valence-corrected chi connectivity index (χ4v) is 3.53. The molecular formula is C22H20BrClN4O. The van der Waals surface area contributed by atoms with Gasteiger partial charge in [-0.1, -0.05) is 23.7 Å². The topological polar surface area (TPSA) is 62.8 Å². The number of rotatable bonds is 8. The third-order valence-corrected chi connectivity index (χ3v) is 5.09. The fourth-order valence-electron chi connectivity index (χ4n) is 2.99. The van der Waals surface area contributed by atoms with Crippen LogP contribution in [-0.2, 0) is 6.54 Å². The maximum Gasteiger partial charge on any atom is 0.178 e. The first-order chi connectivity index (χ1) is 14.2. The summed E-state index contributed by atoms with van der Waals surface area (Å²) in [6, 6.07) is 17.8. The van der Waals surface area contributed by atoms with E-state index >= 15 is 0 Å². The number of benzene rings is 2. The van der Waals surface area contributed by atoms with E-state index in [0.29, 0.717) is 12.3 Å². The molecule has 0 aliphatic carbocycles. The van der Waals surface area contributed by atoms with Crippen molar-refractivity contribution >= 4 is 38.7 Å². The van der Waals surface area contributed by atoms with Gasteiger partial charge in [0, 0.05) is 27.8 Å². The highest BCUT2D eigenvalue weighted by Gasteiger charge is 2.07. The Labute approximate surface area is 182 Å². The number of nitrogens with one attached hydrogen (secondary N) is 2. The number of fused-ring (bicyclic) bond motifs is 1. The molecule has 2 N–H and O–H groups in total. The van der Waals surface area contributed by atoms with Crippen LogP contribution >= 0.6 is 27.5 Å². The van der Waals surface area contributed by atoms with E-state index in [-0.39, 0.29) is 0 Å². The van der Waals surface area contributed by atoms with Gasteiger partial charge in [-0.05, 0) is 76.9 Å². The monoisotopic (exact) mass is 470 g/mol. The van der Waals surface area contributed by atoms with Crippen LogP contribution in [0.1, 0.15) is 12.0 Å². The maximum absolute atomic E-state index is 5.99. The number of ether oxygens (including phenoxy) is 1. The van der Waals surface area contributed by atoms with Crippen LogP contribution in [0.2, 0.25) is 5.02 Å². The van der Waals surface area contributed by atoms with Crippen molar-refractivity contribution in [2.24, 2.45) is 0 Å². The molecule has 0 aliphatic heterocycles. The summed E-state index contributed by atoms with van der Waals surface area (Å²) in [6.45, 7) is 2.34. The van der Waals surface area contributed by atoms with Crippen LogP contribution in [0.15, 0.2) is 65.3 Å². The third-order valence-electron chi connectivity index (χ3n) is 4.42. The number of imidazole rings is 1. The van der Waals surface area contributed by atoms with E-state index in [1.165, 1.54) is 5.56 Å². The molecular weight excluding hydrogens is 452 g/mol. The highest BCUT2D eigenvalue weighted by atomic mass is 79.9. The molecule has 0 unspecified atom stereocenters. The predicted octanol–water partition coefficient (Wildman–Crippen LogP) is 5.60. The molecule has 4 rings (SSSR count). The first kappa shape index (κ1) is 19.9.